The third-order valence-corrected chi connectivity index (χ3v) is 4.34. The first kappa shape index (κ1) is 14.7. The Labute approximate surface area is 139 Å². The lowest BCUT2D eigenvalue weighted by Crippen LogP contribution is -2.13. The number of aromatic nitrogens is 4. The van der Waals surface area contributed by atoms with Crippen molar-refractivity contribution in [2.75, 3.05) is 6.61 Å². The van der Waals surface area contributed by atoms with E-state index in [1.165, 1.54) is 5.56 Å². The number of fused-ring (bicyclic) bond motifs is 3. The topological polar surface area (TPSA) is 72.8 Å². The van der Waals surface area contributed by atoms with Crippen LogP contribution in [-0.4, -0.2) is 32.6 Å². The van der Waals surface area contributed by atoms with Crippen LogP contribution in [-0.2, 0) is 24.1 Å². The minimum Gasteiger partial charge on any atom is -0.461 e. The minimum absolute atomic E-state index is 0.341. The Hall–Kier alpha value is -2.89. The van der Waals surface area contributed by atoms with Crippen LogP contribution in [0, 0.1) is 0 Å². The van der Waals surface area contributed by atoms with Gasteiger partial charge in [0.1, 0.15) is 5.69 Å². The largest absolute Gasteiger partial charge is 0.461 e. The van der Waals surface area contributed by atoms with E-state index in [1.807, 2.05) is 29.1 Å². The Morgan fingerprint density at radius 1 is 1.29 bits per heavy atom. The van der Waals surface area contributed by atoms with Crippen molar-refractivity contribution < 1.29 is 9.53 Å². The van der Waals surface area contributed by atoms with Gasteiger partial charge >= 0.3 is 5.97 Å². The average Bonchev–Trinajstić information content (AvgIpc) is 3.20. The van der Waals surface area contributed by atoms with E-state index in [9.17, 15) is 4.79 Å². The van der Waals surface area contributed by atoms with E-state index in [2.05, 4.69) is 27.4 Å². The maximum Gasteiger partial charge on any atom is 0.356 e. The number of hydrogen-bond acceptors (Lipinski definition) is 4. The van der Waals surface area contributed by atoms with Crippen LogP contribution in [0.5, 0.6) is 0 Å². The predicted molar refractivity (Wildman–Crippen MR) is 88.7 cm³/mol. The van der Waals surface area contributed by atoms with Crippen molar-refractivity contribution in [3.8, 4) is 11.3 Å². The fourth-order valence-electron chi connectivity index (χ4n) is 3.21. The molecule has 0 bridgehead atoms. The summed E-state index contributed by atoms with van der Waals surface area (Å²) < 4.78 is 7.11. The molecule has 0 spiro atoms. The number of nitrogens with zero attached hydrogens (tertiary/aromatic N) is 3. The Bertz CT molecular complexity index is 880. The number of rotatable bonds is 4. The first-order chi connectivity index (χ1) is 11.8. The van der Waals surface area contributed by atoms with E-state index in [0.717, 1.165) is 41.9 Å². The molecule has 0 unspecified atom stereocenters. The molecule has 122 valence electrons. The number of H-pyrrole nitrogens is 1. The molecule has 3 aromatic rings. The molecule has 1 N–H and O–H groups in total. The highest BCUT2D eigenvalue weighted by Crippen LogP contribution is 2.33. The normalized spacial score (nSPS) is 12.5. The van der Waals surface area contributed by atoms with Gasteiger partial charge in [-0.1, -0.05) is 30.3 Å². The third kappa shape index (κ3) is 2.40. The lowest BCUT2D eigenvalue weighted by atomic mass is 9.94. The molecule has 0 saturated carbocycles. The molecule has 24 heavy (non-hydrogen) atoms. The van der Waals surface area contributed by atoms with Gasteiger partial charge in [0, 0.05) is 16.8 Å². The molecule has 0 fully saturated rings. The summed E-state index contributed by atoms with van der Waals surface area (Å²) in [4.78, 5) is 12.0. The molecule has 0 atom stereocenters. The molecule has 1 aromatic carbocycles. The number of carbonyl (C=O) groups excluding carboxylic acids is 1. The summed E-state index contributed by atoms with van der Waals surface area (Å²) in [5, 5.41) is 11.7. The second-order valence-electron chi connectivity index (χ2n) is 5.79. The van der Waals surface area contributed by atoms with Crippen molar-refractivity contribution in [1.82, 2.24) is 20.0 Å². The molecular weight excluding hydrogens is 304 g/mol. The van der Waals surface area contributed by atoms with Crippen molar-refractivity contribution in [1.29, 1.82) is 0 Å². The minimum atomic E-state index is -0.341. The molecule has 0 radical (unpaired) electrons. The predicted octanol–water partition coefficient (Wildman–Crippen LogP) is 2.60. The Morgan fingerprint density at radius 3 is 2.92 bits per heavy atom. The average molecular weight is 322 g/mol. The van der Waals surface area contributed by atoms with Gasteiger partial charge in [-0.15, -0.1) is 0 Å². The number of esters is 1. The van der Waals surface area contributed by atoms with Crippen LogP contribution >= 0.6 is 0 Å². The van der Waals surface area contributed by atoms with E-state index >= 15 is 0 Å². The van der Waals surface area contributed by atoms with Crippen molar-refractivity contribution in [3.05, 3.63) is 59.0 Å². The molecule has 4 rings (SSSR count). The van der Waals surface area contributed by atoms with Crippen molar-refractivity contribution >= 4 is 5.97 Å². The molecule has 2 aromatic heterocycles. The van der Waals surface area contributed by atoms with Gasteiger partial charge in [0.2, 0.25) is 0 Å². The first-order valence-electron chi connectivity index (χ1n) is 8.11. The van der Waals surface area contributed by atoms with E-state index in [4.69, 9.17) is 4.74 Å². The van der Waals surface area contributed by atoms with Gasteiger partial charge in [0.25, 0.3) is 0 Å². The quantitative estimate of drug-likeness (QED) is 0.749. The molecule has 0 aliphatic heterocycles. The maximum absolute atomic E-state index is 12.0. The highest BCUT2D eigenvalue weighted by atomic mass is 16.5. The number of nitrogens with one attached hydrogen (secondary N) is 1. The maximum atomic E-state index is 12.0. The molecule has 6 heteroatoms. The van der Waals surface area contributed by atoms with E-state index in [-0.39, 0.29) is 5.97 Å². The fourth-order valence-corrected chi connectivity index (χ4v) is 3.21. The number of ether oxygens (including phenoxy) is 1. The van der Waals surface area contributed by atoms with Gasteiger partial charge in [0.15, 0.2) is 0 Å². The lowest BCUT2D eigenvalue weighted by Gasteiger charge is -2.14. The number of carbonyl (C=O) groups is 1. The van der Waals surface area contributed by atoms with Gasteiger partial charge in [-0.3, -0.25) is 9.78 Å². The third-order valence-electron chi connectivity index (χ3n) is 4.34. The molecule has 6 nitrogen and oxygen atoms in total. The zero-order valence-electron chi connectivity index (χ0n) is 13.5. The number of hydrogen-bond donors (Lipinski definition) is 1. The summed E-state index contributed by atoms with van der Waals surface area (Å²) in [6.07, 6.45) is 3.43. The highest BCUT2D eigenvalue weighted by molar-refractivity contribution is 5.91. The summed E-state index contributed by atoms with van der Waals surface area (Å²) in [7, 11) is 0. The number of aromatic amines is 1. The second kappa shape index (κ2) is 5.96. The van der Waals surface area contributed by atoms with Gasteiger partial charge < -0.3 is 4.74 Å². The zero-order valence-corrected chi connectivity index (χ0v) is 13.5. The van der Waals surface area contributed by atoms with E-state index < -0.39 is 0 Å². The standard InChI is InChI=1S/C18H18N4O2/c1-2-24-18(23)17-13-8-9-15-14(16(13)20-21-17)10-19-22(15)11-12-6-4-3-5-7-12/h3-7,10H,2,8-9,11H2,1H3,(H,20,21). The molecule has 0 amide bonds. The molecular formula is C18H18N4O2. The smallest absolute Gasteiger partial charge is 0.356 e. The number of benzene rings is 1. The molecule has 0 saturated heterocycles. The van der Waals surface area contributed by atoms with Crippen molar-refractivity contribution in [2.45, 2.75) is 26.3 Å². The van der Waals surface area contributed by atoms with Gasteiger partial charge in [-0.05, 0) is 25.3 Å². The summed E-state index contributed by atoms with van der Waals surface area (Å²) in [6, 6.07) is 10.3. The van der Waals surface area contributed by atoms with Crippen molar-refractivity contribution in [2.24, 2.45) is 0 Å². The lowest BCUT2D eigenvalue weighted by molar-refractivity contribution is 0.0518. The van der Waals surface area contributed by atoms with Gasteiger partial charge in [-0.25, -0.2) is 4.79 Å². The molecule has 1 aliphatic carbocycles. The Balaban J connectivity index is 1.67. The summed E-state index contributed by atoms with van der Waals surface area (Å²) in [6.45, 7) is 2.89. The first-order valence-corrected chi connectivity index (χ1v) is 8.11. The fraction of sp³-hybridized carbons (Fsp3) is 0.278. The second-order valence-corrected chi connectivity index (χ2v) is 5.79. The van der Waals surface area contributed by atoms with Gasteiger partial charge in [-0.2, -0.15) is 10.2 Å². The molecule has 1 aliphatic rings. The van der Waals surface area contributed by atoms with E-state index in [1.54, 1.807) is 6.92 Å². The zero-order chi connectivity index (χ0) is 16.5. The van der Waals surface area contributed by atoms with Gasteiger partial charge in [0.05, 0.1) is 25.0 Å². The SMILES string of the molecule is CCOC(=O)c1[nH]nc2c1CCc1c-2cnn1Cc1ccccc1. The van der Waals surface area contributed by atoms with E-state index in [0.29, 0.717) is 12.3 Å². The van der Waals surface area contributed by atoms with Crippen LogP contribution in [0.15, 0.2) is 36.5 Å². The van der Waals surface area contributed by atoms with Crippen LogP contribution in [0.1, 0.15) is 34.2 Å². The van der Waals surface area contributed by atoms with Crippen LogP contribution in [0.3, 0.4) is 0 Å². The summed E-state index contributed by atoms with van der Waals surface area (Å²) >= 11 is 0. The van der Waals surface area contributed by atoms with Crippen molar-refractivity contribution in [3.63, 3.8) is 0 Å². The summed E-state index contributed by atoms with van der Waals surface area (Å²) in [5.74, 6) is -0.341. The highest BCUT2D eigenvalue weighted by Gasteiger charge is 2.28. The van der Waals surface area contributed by atoms with Crippen LogP contribution < -0.4 is 0 Å². The Morgan fingerprint density at radius 2 is 2.12 bits per heavy atom. The van der Waals surface area contributed by atoms with Crippen LogP contribution in [0.4, 0.5) is 0 Å². The van der Waals surface area contributed by atoms with Crippen LogP contribution in [0.2, 0.25) is 0 Å². The summed E-state index contributed by atoms with van der Waals surface area (Å²) in [5.41, 5.74) is 5.59. The monoisotopic (exact) mass is 322 g/mol. The van der Waals surface area contributed by atoms with Crippen LogP contribution in [0.25, 0.3) is 11.3 Å². The molecule has 2 heterocycles. The Kier molecular flexibility index (Phi) is 3.65.